The minimum atomic E-state index is -0.0662. The number of aryl methyl sites for hydroxylation is 1. The van der Waals surface area contributed by atoms with Gasteiger partial charge in [0.25, 0.3) is 5.91 Å². The molecule has 3 rings (SSSR count). The zero-order chi connectivity index (χ0) is 16.9. The number of nitrogens with zero attached hydrogens (tertiary/aromatic N) is 1. The number of methoxy groups -OCH3 is 1. The van der Waals surface area contributed by atoms with Crippen LogP contribution >= 0.6 is 0 Å². The number of ether oxygens (including phenoxy) is 2. The maximum absolute atomic E-state index is 12.3. The van der Waals surface area contributed by atoms with Gasteiger partial charge in [0.1, 0.15) is 0 Å². The highest BCUT2D eigenvalue weighted by Gasteiger charge is 2.23. The summed E-state index contributed by atoms with van der Waals surface area (Å²) in [6.07, 6.45) is 3.36. The molecule has 126 valence electrons. The fourth-order valence-corrected chi connectivity index (χ4v) is 2.90. The first-order chi connectivity index (χ1) is 11.7. The molecule has 2 aromatic rings. The number of hydrogen-bond donors (Lipinski definition) is 1. The third kappa shape index (κ3) is 3.50. The summed E-state index contributed by atoms with van der Waals surface area (Å²) >= 11 is 0. The van der Waals surface area contributed by atoms with Crippen LogP contribution in [0.1, 0.15) is 28.5 Å². The zero-order valence-electron chi connectivity index (χ0n) is 14.0. The van der Waals surface area contributed by atoms with Gasteiger partial charge in [-0.25, -0.2) is 0 Å². The molecule has 2 heterocycles. The molecule has 0 spiro atoms. The Morgan fingerprint density at radius 2 is 2.29 bits per heavy atom. The SMILES string of the molecule is CCc1cc(C(=O)NC[C@H]2COc3c(cccc3OC)C2)ccn1. The van der Waals surface area contributed by atoms with Crippen molar-refractivity contribution in [2.75, 3.05) is 20.3 Å². The van der Waals surface area contributed by atoms with Crippen LogP contribution in [0.4, 0.5) is 0 Å². The van der Waals surface area contributed by atoms with Gasteiger partial charge in [-0.1, -0.05) is 19.1 Å². The molecule has 1 aliphatic rings. The first kappa shape index (κ1) is 16.3. The van der Waals surface area contributed by atoms with Crippen molar-refractivity contribution in [1.29, 1.82) is 0 Å². The molecule has 0 unspecified atom stereocenters. The van der Waals surface area contributed by atoms with E-state index in [-0.39, 0.29) is 11.8 Å². The van der Waals surface area contributed by atoms with Gasteiger partial charge < -0.3 is 14.8 Å². The molecule has 1 aromatic heterocycles. The molecule has 1 N–H and O–H groups in total. The van der Waals surface area contributed by atoms with Crippen molar-refractivity contribution in [3.05, 3.63) is 53.3 Å². The van der Waals surface area contributed by atoms with Crippen LogP contribution in [-0.4, -0.2) is 31.2 Å². The Hall–Kier alpha value is -2.56. The molecular formula is C19H22N2O3. The van der Waals surface area contributed by atoms with Crippen LogP contribution in [0.3, 0.4) is 0 Å². The van der Waals surface area contributed by atoms with Crippen LogP contribution in [0.25, 0.3) is 0 Å². The molecule has 1 aliphatic heterocycles. The third-order valence-corrected chi connectivity index (χ3v) is 4.24. The number of para-hydroxylation sites is 1. The second-order valence-corrected chi connectivity index (χ2v) is 5.93. The highest BCUT2D eigenvalue weighted by Crippen LogP contribution is 2.35. The predicted molar refractivity (Wildman–Crippen MR) is 91.6 cm³/mol. The van der Waals surface area contributed by atoms with E-state index in [0.29, 0.717) is 18.7 Å². The standard InChI is InChI=1S/C19H22N2O3/c1-3-16-10-15(7-8-20-16)19(22)21-11-13-9-14-5-4-6-17(23-2)18(14)24-12-13/h4-8,10,13H,3,9,11-12H2,1-2H3,(H,21,22)/t13-/m0/s1. The zero-order valence-corrected chi connectivity index (χ0v) is 14.0. The fourth-order valence-electron chi connectivity index (χ4n) is 2.90. The van der Waals surface area contributed by atoms with Gasteiger partial charge in [-0.2, -0.15) is 0 Å². The summed E-state index contributed by atoms with van der Waals surface area (Å²) in [5, 5.41) is 3.00. The molecule has 0 saturated carbocycles. The van der Waals surface area contributed by atoms with Gasteiger partial charge in [0, 0.05) is 29.9 Å². The lowest BCUT2D eigenvalue weighted by Gasteiger charge is -2.26. The van der Waals surface area contributed by atoms with Crippen molar-refractivity contribution in [2.24, 2.45) is 5.92 Å². The number of nitrogens with one attached hydrogen (secondary N) is 1. The van der Waals surface area contributed by atoms with E-state index in [4.69, 9.17) is 9.47 Å². The summed E-state index contributed by atoms with van der Waals surface area (Å²) in [4.78, 5) is 16.5. The number of carbonyl (C=O) groups excluding carboxylic acids is 1. The van der Waals surface area contributed by atoms with Crippen molar-refractivity contribution in [3.8, 4) is 11.5 Å². The Morgan fingerprint density at radius 3 is 3.08 bits per heavy atom. The molecule has 5 nitrogen and oxygen atoms in total. The largest absolute Gasteiger partial charge is 0.493 e. The smallest absolute Gasteiger partial charge is 0.251 e. The summed E-state index contributed by atoms with van der Waals surface area (Å²) in [5.41, 5.74) is 2.70. The molecule has 1 aromatic carbocycles. The number of amides is 1. The fraction of sp³-hybridized carbons (Fsp3) is 0.368. The van der Waals surface area contributed by atoms with Crippen LogP contribution in [0, 0.1) is 5.92 Å². The van der Waals surface area contributed by atoms with E-state index in [0.717, 1.165) is 35.6 Å². The average molecular weight is 326 g/mol. The molecule has 0 aliphatic carbocycles. The lowest BCUT2D eigenvalue weighted by molar-refractivity contribution is 0.0938. The molecule has 1 atom stereocenters. The van der Waals surface area contributed by atoms with Crippen LogP contribution in [0.15, 0.2) is 36.5 Å². The number of aromatic nitrogens is 1. The lowest BCUT2D eigenvalue weighted by Crippen LogP contribution is -2.35. The van der Waals surface area contributed by atoms with Gasteiger partial charge in [-0.3, -0.25) is 9.78 Å². The summed E-state index contributed by atoms with van der Waals surface area (Å²) in [6.45, 7) is 3.18. The second-order valence-electron chi connectivity index (χ2n) is 5.93. The summed E-state index contributed by atoms with van der Waals surface area (Å²) in [6, 6.07) is 9.49. The molecular weight excluding hydrogens is 304 g/mol. The minimum absolute atomic E-state index is 0.0662. The lowest BCUT2D eigenvalue weighted by atomic mass is 9.96. The Morgan fingerprint density at radius 1 is 1.42 bits per heavy atom. The molecule has 24 heavy (non-hydrogen) atoms. The van der Waals surface area contributed by atoms with Crippen molar-refractivity contribution in [2.45, 2.75) is 19.8 Å². The number of pyridine rings is 1. The maximum Gasteiger partial charge on any atom is 0.251 e. The first-order valence-electron chi connectivity index (χ1n) is 8.23. The van der Waals surface area contributed by atoms with Crippen molar-refractivity contribution in [1.82, 2.24) is 10.3 Å². The van der Waals surface area contributed by atoms with E-state index < -0.39 is 0 Å². The summed E-state index contributed by atoms with van der Waals surface area (Å²) < 4.78 is 11.2. The minimum Gasteiger partial charge on any atom is -0.493 e. The van der Waals surface area contributed by atoms with Gasteiger partial charge in [0.2, 0.25) is 0 Å². The summed E-state index contributed by atoms with van der Waals surface area (Å²) in [5.74, 6) is 1.77. The van der Waals surface area contributed by atoms with Gasteiger partial charge in [-0.05, 0) is 36.6 Å². The Balaban J connectivity index is 1.60. The van der Waals surface area contributed by atoms with Crippen LogP contribution in [-0.2, 0) is 12.8 Å². The Labute approximate surface area is 142 Å². The van der Waals surface area contributed by atoms with Gasteiger partial charge in [-0.15, -0.1) is 0 Å². The number of carbonyl (C=O) groups is 1. The van der Waals surface area contributed by atoms with Crippen molar-refractivity contribution >= 4 is 5.91 Å². The number of rotatable bonds is 5. The van der Waals surface area contributed by atoms with Crippen LogP contribution in [0.5, 0.6) is 11.5 Å². The van der Waals surface area contributed by atoms with E-state index in [2.05, 4.69) is 10.3 Å². The van der Waals surface area contributed by atoms with Gasteiger partial charge in [0.05, 0.1) is 13.7 Å². The van der Waals surface area contributed by atoms with Gasteiger partial charge in [0.15, 0.2) is 11.5 Å². The second kappa shape index (κ2) is 7.34. The topological polar surface area (TPSA) is 60.5 Å². The highest BCUT2D eigenvalue weighted by molar-refractivity contribution is 5.94. The molecule has 1 amide bonds. The number of fused-ring (bicyclic) bond motifs is 1. The van der Waals surface area contributed by atoms with Crippen molar-refractivity contribution < 1.29 is 14.3 Å². The highest BCUT2D eigenvalue weighted by atomic mass is 16.5. The Bertz CT molecular complexity index is 730. The van der Waals surface area contributed by atoms with Crippen molar-refractivity contribution in [3.63, 3.8) is 0 Å². The monoisotopic (exact) mass is 326 g/mol. The third-order valence-electron chi connectivity index (χ3n) is 4.24. The first-order valence-corrected chi connectivity index (χ1v) is 8.23. The predicted octanol–water partition coefficient (Wildman–Crippen LogP) is 2.63. The quantitative estimate of drug-likeness (QED) is 0.917. The van der Waals surface area contributed by atoms with Crippen LogP contribution < -0.4 is 14.8 Å². The molecule has 0 fully saturated rings. The van der Waals surface area contributed by atoms with Gasteiger partial charge >= 0.3 is 0 Å². The van der Waals surface area contributed by atoms with E-state index in [1.165, 1.54) is 0 Å². The van der Waals surface area contributed by atoms with E-state index in [9.17, 15) is 4.79 Å². The van der Waals surface area contributed by atoms with Crippen LogP contribution in [0.2, 0.25) is 0 Å². The molecule has 0 radical (unpaired) electrons. The number of benzene rings is 1. The van der Waals surface area contributed by atoms with E-state index >= 15 is 0 Å². The molecule has 0 saturated heterocycles. The maximum atomic E-state index is 12.3. The Kier molecular flexibility index (Phi) is 4.99. The molecule has 5 heteroatoms. The normalized spacial score (nSPS) is 16.0. The average Bonchev–Trinajstić information content (AvgIpc) is 2.65. The summed E-state index contributed by atoms with van der Waals surface area (Å²) in [7, 11) is 1.64. The van der Waals surface area contributed by atoms with E-state index in [1.54, 1.807) is 19.4 Å². The van der Waals surface area contributed by atoms with E-state index in [1.807, 2.05) is 31.2 Å². The number of hydrogen-bond acceptors (Lipinski definition) is 4. The molecule has 0 bridgehead atoms.